The molecular weight excluding hydrogens is 384 g/mol. The lowest BCUT2D eigenvalue weighted by molar-refractivity contribution is 0.0941. The van der Waals surface area contributed by atoms with E-state index >= 15 is 0 Å². The van der Waals surface area contributed by atoms with Crippen molar-refractivity contribution in [3.05, 3.63) is 117 Å². The molecule has 3 aliphatic rings. The van der Waals surface area contributed by atoms with Crippen molar-refractivity contribution in [2.75, 3.05) is 6.54 Å². The third-order valence-electron chi connectivity index (χ3n) is 6.95. The molecule has 4 aromatic rings. The van der Waals surface area contributed by atoms with Gasteiger partial charge in [0.05, 0.1) is 0 Å². The minimum atomic E-state index is -0.350. The van der Waals surface area contributed by atoms with E-state index in [1.807, 2.05) is 24.3 Å². The van der Waals surface area contributed by atoms with Gasteiger partial charge >= 0.3 is 0 Å². The summed E-state index contributed by atoms with van der Waals surface area (Å²) in [6.45, 7) is 0.551. The van der Waals surface area contributed by atoms with Crippen LogP contribution in [0.4, 0.5) is 0 Å². The maximum absolute atomic E-state index is 12.9. The fourth-order valence-corrected chi connectivity index (χ4v) is 5.59. The lowest BCUT2D eigenvalue weighted by atomic mass is 9.59. The smallest absolute Gasteiger partial charge is 0.261 e. The molecule has 2 N–H and O–H groups in total. The molecule has 0 radical (unpaired) electrons. The van der Waals surface area contributed by atoms with Gasteiger partial charge in [0.1, 0.15) is 5.56 Å². The highest BCUT2D eigenvalue weighted by Crippen LogP contribution is 2.55. The van der Waals surface area contributed by atoms with E-state index in [1.54, 1.807) is 6.07 Å². The van der Waals surface area contributed by atoms with Gasteiger partial charge in [0, 0.05) is 23.9 Å². The van der Waals surface area contributed by atoms with Gasteiger partial charge in [0.25, 0.3) is 11.5 Å². The molecule has 1 aromatic heterocycles. The molecule has 0 saturated carbocycles. The van der Waals surface area contributed by atoms with Gasteiger partial charge in [-0.2, -0.15) is 0 Å². The minimum Gasteiger partial charge on any atom is -0.352 e. The Morgan fingerprint density at radius 1 is 0.871 bits per heavy atom. The zero-order valence-corrected chi connectivity index (χ0v) is 17.0. The van der Waals surface area contributed by atoms with Gasteiger partial charge < -0.3 is 10.3 Å². The number of H-pyrrole nitrogens is 1. The standard InChI is InChI=1S/C27H22N2O2/c30-26(23-13-16-7-1-6-12-24(16)29-27(23)31)28-15-17-14-22-18-8-2-4-10-20(18)25(17)21-11-5-3-9-19(21)22/h1-13,17,22,25H,14-15H2,(H,28,30)(H,29,31)/t17-,22?,25?/m0/s1. The Balaban J connectivity index is 1.30. The van der Waals surface area contributed by atoms with E-state index in [4.69, 9.17) is 0 Å². The first kappa shape index (κ1) is 18.1. The van der Waals surface area contributed by atoms with Crippen LogP contribution in [0.1, 0.15) is 50.9 Å². The third kappa shape index (κ3) is 2.82. The molecule has 1 atom stereocenters. The number of carbonyl (C=O) groups is 1. The van der Waals surface area contributed by atoms with Crippen LogP contribution in [0.15, 0.2) is 83.7 Å². The Morgan fingerprint density at radius 3 is 2.19 bits per heavy atom. The number of hydrogen-bond acceptors (Lipinski definition) is 2. The van der Waals surface area contributed by atoms with Crippen molar-refractivity contribution in [1.29, 1.82) is 0 Å². The zero-order chi connectivity index (χ0) is 20.9. The zero-order valence-electron chi connectivity index (χ0n) is 17.0. The van der Waals surface area contributed by atoms with Crippen molar-refractivity contribution in [3.63, 3.8) is 0 Å². The fraction of sp³-hybridized carbons (Fsp3) is 0.185. The van der Waals surface area contributed by atoms with Crippen LogP contribution in [0, 0.1) is 5.92 Å². The van der Waals surface area contributed by atoms with Crippen LogP contribution >= 0.6 is 0 Å². The fourth-order valence-electron chi connectivity index (χ4n) is 5.59. The summed E-state index contributed by atoms with van der Waals surface area (Å²) in [5.74, 6) is 0.629. The number of hydrogen-bond donors (Lipinski definition) is 2. The predicted octanol–water partition coefficient (Wildman–Crippen LogP) is 4.56. The van der Waals surface area contributed by atoms with Gasteiger partial charge in [-0.25, -0.2) is 0 Å². The molecule has 3 aromatic carbocycles. The van der Waals surface area contributed by atoms with Crippen molar-refractivity contribution < 1.29 is 4.79 Å². The molecule has 31 heavy (non-hydrogen) atoms. The summed E-state index contributed by atoms with van der Waals surface area (Å²) < 4.78 is 0. The number of aromatic nitrogens is 1. The quantitative estimate of drug-likeness (QED) is 0.524. The van der Waals surface area contributed by atoms with E-state index in [2.05, 4.69) is 58.8 Å². The third-order valence-corrected chi connectivity index (χ3v) is 6.95. The second-order valence-electron chi connectivity index (χ2n) is 8.59. The molecule has 0 unspecified atom stereocenters. The summed E-state index contributed by atoms with van der Waals surface area (Å²) in [5.41, 5.74) is 6.14. The summed E-state index contributed by atoms with van der Waals surface area (Å²) in [6.07, 6.45) is 1.01. The van der Waals surface area contributed by atoms with E-state index in [-0.39, 0.29) is 22.9 Å². The van der Waals surface area contributed by atoms with Crippen molar-refractivity contribution in [3.8, 4) is 0 Å². The average molecular weight is 406 g/mol. The summed E-state index contributed by atoms with van der Waals surface area (Å²) in [6, 6.07) is 26.6. The predicted molar refractivity (Wildman–Crippen MR) is 122 cm³/mol. The Bertz CT molecular complexity index is 1340. The van der Waals surface area contributed by atoms with E-state index in [0.717, 1.165) is 17.3 Å². The van der Waals surface area contributed by atoms with Crippen LogP contribution in [0.3, 0.4) is 0 Å². The van der Waals surface area contributed by atoms with Crippen LogP contribution < -0.4 is 10.9 Å². The highest BCUT2D eigenvalue weighted by Gasteiger charge is 2.42. The number of fused-ring (bicyclic) bond motifs is 2. The SMILES string of the molecule is O=C(NC[C@@H]1CC2c3ccccc3C1c1ccccc12)c1cc2ccccc2[nH]c1=O. The number of amides is 1. The molecule has 0 saturated heterocycles. The largest absolute Gasteiger partial charge is 0.352 e. The lowest BCUT2D eigenvalue weighted by Crippen LogP contribution is -2.40. The summed E-state index contributed by atoms with van der Waals surface area (Å²) in [7, 11) is 0. The molecule has 2 bridgehead atoms. The molecule has 1 amide bonds. The van der Waals surface area contributed by atoms with Crippen molar-refractivity contribution >= 4 is 16.8 Å². The molecule has 4 nitrogen and oxygen atoms in total. The molecule has 152 valence electrons. The Labute approximate surface area is 179 Å². The summed E-state index contributed by atoms with van der Waals surface area (Å²) in [4.78, 5) is 28.2. The lowest BCUT2D eigenvalue weighted by Gasteiger charge is -2.45. The molecule has 0 aliphatic heterocycles. The van der Waals surface area contributed by atoms with Crippen molar-refractivity contribution in [1.82, 2.24) is 10.3 Å². The number of rotatable bonds is 3. The van der Waals surface area contributed by atoms with Crippen molar-refractivity contribution in [2.45, 2.75) is 18.3 Å². The average Bonchev–Trinajstić information content (AvgIpc) is 2.82. The maximum Gasteiger partial charge on any atom is 0.261 e. The van der Waals surface area contributed by atoms with Crippen LogP contribution in [-0.2, 0) is 0 Å². The molecule has 7 rings (SSSR count). The van der Waals surface area contributed by atoms with Gasteiger partial charge in [-0.05, 0) is 52.1 Å². The highest BCUT2D eigenvalue weighted by molar-refractivity contribution is 5.97. The summed E-state index contributed by atoms with van der Waals surface area (Å²) >= 11 is 0. The van der Waals surface area contributed by atoms with Gasteiger partial charge in [0.15, 0.2) is 0 Å². The van der Waals surface area contributed by atoms with Crippen LogP contribution in [0.5, 0.6) is 0 Å². The first-order valence-electron chi connectivity index (χ1n) is 10.8. The Kier molecular flexibility index (Phi) is 4.06. The molecule has 1 heterocycles. The number of carbonyl (C=O) groups excluding carboxylic acids is 1. The monoisotopic (exact) mass is 406 g/mol. The van der Waals surface area contributed by atoms with Crippen LogP contribution in [0.25, 0.3) is 10.9 Å². The normalized spacial score (nSPS) is 20.8. The summed E-state index contributed by atoms with van der Waals surface area (Å²) in [5, 5.41) is 3.92. The molecule has 0 spiro atoms. The Hall–Kier alpha value is -3.66. The first-order chi connectivity index (χ1) is 15.2. The molecular formula is C27H22N2O2. The van der Waals surface area contributed by atoms with Gasteiger partial charge in [-0.3, -0.25) is 9.59 Å². The maximum atomic E-state index is 12.9. The van der Waals surface area contributed by atoms with E-state index in [1.165, 1.54) is 22.3 Å². The number of nitrogens with one attached hydrogen (secondary N) is 2. The number of aromatic amines is 1. The second kappa shape index (κ2) is 6.95. The molecule has 3 aliphatic carbocycles. The van der Waals surface area contributed by atoms with Crippen molar-refractivity contribution in [2.24, 2.45) is 5.92 Å². The first-order valence-corrected chi connectivity index (χ1v) is 10.8. The van der Waals surface area contributed by atoms with Gasteiger partial charge in [-0.15, -0.1) is 0 Å². The number of pyridine rings is 1. The van der Waals surface area contributed by atoms with Crippen LogP contribution in [0.2, 0.25) is 0 Å². The molecule has 0 fully saturated rings. The number of para-hydroxylation sites is 1. The Morgan fingerprint density at radius 2 is 1.48 bits per heavy atom. The van der Waals surface area contributed by atoms with E-state index in [9.17, 15) is 9.59 Å². The minimum absolute atomic E-state index is 0.167. The second-order valence-corrected chi connectivity index (χ2v) is 8.59. The molecule has 4 heteroatoms. The van der Waals surface area contributed by atoms with E-state index in [0.29, 0.717) is 18.4 Å². The van der Waals surface area contributed by atoms with Gasteiger partial charge in [-0.1, -0.05) is 66.7 Å². The topological polar surface area (TPSA) is 62.0 Å². The number of benzene rings is 3. The van der Waals surface area contributed by atoms with E-state index < -0.39 is 0 Å². The highest BCUT2D eigenvalue weighted by atomic mass is 16.2. The van der Waals surface area contributed by atoms with Crippen LogP contribution in [-0.4, -0.2) is 17.4 Å². The van der Waals surface area contributed by atoms with Gasteiger partial charge in [0.2, 0.25) is 0 Å².